The third-order valence-electron chi connectivity index (χ3n) is 2.20. The summed E-state index contributed by atoms with van der Waals surface area (Å²) in [6.45, 7) is 1.49. The number of carbonyl (C=O) groups excluding carboxylic acids is 1. The van der Waals surface area contributed by atoms with E-state index in [1.54, 1.807) is 32.4 Å². The molecule has 0 unspecified atom stereocenters. The first-order valence-electron chi connectivity index (χ1n) is 5.50. The van der Waals surface area contributed by atoms with Crippen LogP contribution >= 0.6 is 28.3 Å². The maximum Gasteiger partial charge on any atom is 0.238 e. The molecule has 0 heterocycles. The number of anilines is 1. The van der Waals surface area contributed by atoms with Crippen molar-refractivity contribution in [3.63, 3.8) is 0 Å². The van der Waals surface area contributed by atoms with E-state index in [9.17, 15) is 4.79 Å². The van der Waals surface area contributed by atoms with Crippen LogP contribution < -0.4 is 15.4 Å². The predicted octanol–water partition coefficient (Wildman–Crippen LogP) is 2.05. The molecule has 0 bridgehead atoms. The molecule has 1 amide bonds. The summed E-state index contributed by atoms with van der Waals surface area (Å²) in [5, 5.41) is 5.75. The third-order valence-corrected chi connectivity index (χ3v) is 2.82. The van der Waals surface area contributed by atoms with Gasteiger partial charge in [-0.2, -0.15) is 0 Å². The SMILES string of the molecule is COCCNCC(=O)Nc1ccc(OC)c(Br)c1.Cl. The zero-order valence-electron chi connectivity index (χ0n) is 10.9. The Kier molecular flexibility index (Phi) is 9.59. The fraction of sp³-hybridized carbons (Fsp3) is 0.417. The fourth-order valence-electron chi connectivity index (χ4n) is 1.33. The van der Waals surface area contributed by atoms with E-state index in [0.29, 0.717) is 13.2 Å². The quantitative estimate of drug-likeness (QED) is 0.737. The van der Waals surface area contributed by atoms with Crippen molar-refractivity contribution in [2.45, 2.75) is 0 Å². The van der Waals surface area contributed by atoms with Crippen molar-refractivity contribution in [3.8, 4) is 5.75 Å². The Bertz CT molecular complexity index is 405. The van der Waals surface area contributed by atoms with Crippen LogP contribution in [0.2, 0.25) is 0 Å². The van der Waals surface area contributed by atoms with E-state index in [1.165, 1.54) is 0 Å². The van der Waals surface area contributed by atoms with Crippen molar-refractivity contribution in [1.29, 1.82) is 0 Å². The van der Waals surface area contributed by atoms with Gasteiger partial charge >= 0.3 is 0 Å². The zero-order valence-corrected chi connectivity index (χ0v) is 13.3. The van der Waals surface area contributed by atoms with Crippen molar-refractivity contribution in [3.05, 3.63) is 22.7 Å². The third kappa shape index (κ3) is 6.77. The highest BCUT2D eigenvalue weighted by Gasteiger charge is 2.04. The first-order valence-corrected chi connectivity index (χ1v) is 6.29. The molecule has 0 saturated heterocycles. The molecular formula is C12H18BrClN2O3. The van der Waals surface area contributed by atoms with Crippen molar-refractivity contribution in [2.75, 3.05) is 39.2 Å². The summed E-state index contributed by atoms with van der Waals surface area (Å²) in [7, 11) is 3.22. The van der Waals surface area contributed by atoms with Crippen LogP contribution in [0.4, 0.5) is 5.69 Å². The molecule has 0 aliphatic carbocycles. The Morgan fingerprint density at radius 1 is 1.37 bits per heavy atom. The minimum atomic E-state index is -0.0943. The van der Waals surface area contributed by atoms with E-state index in [4.69, 9.17) is 9.47 Å². The molecule has 0 atom stereocenters. The molecule has 0 spiro atoms. The molecule has 7 heteroatoms. The Morgan fingerprint density at radius 2 is 2.11 bits per heavy atom. The normalized spacial score (nSPS) is 9.63. The smallest absolute Gasteiger partial charge is 0.238 e. The summed E-state index contributed by atoms with van der Waals surface area (Å²) in [5.41, 5.74) is 0.723. The van der Waals surface area contributed by atoms with Gasteiger partial charge in [0.05, 0.1) is 24.7 Å². The van der Waals surface area contributed by atoms with Gasteiger partial charge in [-0.25, -0.2) is 0 Å². The maximum atomic E-state index is 11.6. The van der Waals surface area contributed by atoms with Gasteiger partial charge in [-0.3, -0.25) is 4.79 Å². The second-order valence-corrected chi connectivity index (χ2v) is 4.42. The van der Waals surface area contributed by atoms with Crippen LogP contribution in [0.15, 0.2) is 22.7 Å². The number of ether oxygens (including phenoxy) is 2. The molecule has 2 N–H and O–H groups in total. The summed E-state index contributed by atoms with van der Waals surface area (Å²) >= 11 is 3.36. The van der Waals surface area contributed by atoms with Gasteiger partial charge in [0.25, 0.3) is 0 Å². The number of amides is 1. The number of halogens is 2. The van der Waals surface area contributed by atoms with Crippen molar-refractivity contribution in [2.24, 2.45) is 0 Å². The second-order valence-electron chi connectivity index (χ2n) is 3.57. The van der Waals surface area contributed by atoms with E-state index in [2.05, 4.69) is 26.6 Å². The summed E-state index contributed by atoms with van der Waals surface area (Å²) < 4.78 is 10.8. The van der Waals surface area contributed by atoms with Crippen LogP contribution in [0.5, 0.6) is 5.75 Å². The molecule has 1 aromatic carbocycles. The molecule has 0 aliphatic rings. The van der Waals surface area contributed by atoms with Gasteiger partial charge in [0.1, 0.15) is 5.75 Å². The van der Waals surface area contributed by atoms with E-state index in [1.807, 2.05) is 0 Å². The van der Waals surface area contributed by atoms with Crippen molar-refractivity contribution >= 4 is 39.9 Å². The molecule has 5 nitrogen and oxygen atoms in total. The molecular weight excluding hydrogens is 336 g/mol. The highest BCUT2D eigenvalue weighted by atomic mass is 79.9. The van der Waals surface area contributed by atoms with Crippen LogP contribution in [-0.2, 0) is 9.53 Å². The van der Waals surface area contributed by atoms with Crippen LogP contribution in [-0.4, -0.2) is 39.8 Å². The van der Waals surface area contributed by atoms with Crippen LogP contribution in [0.1, 0.15) is 0 Å². The Balaban J connectivity index is 0.00000324. The van der Waals surface area contributed by atoms with Crippen molar-refractivity contribution < 1.29 is 14.3 Å². The highest BCUT2D eigenvalue weighted by molar-refractivity contribution is 9.10. The Morgan fingerprint density at radius 3 is 2.68 bits per heavy atom. The van der Waals surface area contributed by atoms with Gasteiger partial charge in [0, 0.05) is 19.3 Å². The maximum absolute atomic E-state index is 11.6. The van der Waals surface area contributed by atoms with Gasteiger partial charge in [-0.1, -0.05) is 0 Å². The van der Waals surface area contributed by atoms with Crippen LogP contribution in [0, 0.1) is 0 Å². The van der Waals surface area contributed by atoms with Gasteiger partial charge < -0.3 is 20.1 Å². The first kappa shape index (κ1) is 18.2. The monoisotopic (exact) mass is 352 g/mol. The van der Waals surface area contributed by atoms with Crippen molar-refractivity contribution in [1.82, 2.24) is 5.32 Å². The standard InChI is InChI=1S/C12H17BrN2O3.ClH/c1-17-6-5-14-8-12(16)15-9-3-4-11(18-2)10(13)7-9;/h3-4,7,14H,5-6,8H2,1-2H3,(H,15,16);1H. The summed E-state index contributed by atoms with van der Waals surface area (Å²) in [6.07, 6.45) is 0. The molecule has 0 aliphatic heterocycles. The molecule has 1 aromatic rings. The fourth-order valence-corrected chi connectivity index (χ4v) is 1.87. The summed E-state index contributed by atoms with van der Waals surface area (Å²) in [4.78, 5) is 11.6. The number of benzene rings is 1. The lowest BCUT2D eigenvalue weighted by Gasteiger charge is -2.08. The number of carbonyl (C=O) groups is 1. The molecule has 0 aromatic heterocycles. The predicted molar refractivity (Wildman–Crippen MR) is 81.3 cm³/mol. The molecule has 1 rings (SSSR count). The number of nitrogens with one attached hydrogen (secondary N) is 2. The van der Waals surface area contributed by atoms with Gasteiger partial charge in [-0.15, -0.1) is 12.4 Å². The lowest BCUT2D eigenvalue weighted by atomic mass is 10.3. The molecule has 0 saturated carbocycles. The minimum Gasteiger partial charge on any atom is -0.496 e. The largest absolute Gasteiger partial charge is 0.496 e. The highest BCUT2D eigenvalue weighted by Crippen LogP contribution is 2.27. The first-order chi connectivity index (χ1) is 8.67. The average molecular weight is 354 g/mol. The van der Waals surface area contributed by atoms with Gasteiger partial charge in [0.15, 0.2) is 0 Å². The number of hydrogen-bond donors (Lipinski definition) is 2. The topological polar surface area (TPSA) is 59.6 Å². The second kappa shape index (κ2) is 10.0. The van der Waals surface area contributed by atoms with E-state index in [0.717, 1.165) is 15.9 Å². The van der Waals surface area contributed by atoms with Crippen LogP contribution in [0.3, 0.4) is 0 Å². The molecule has 0 fully saturated rings. The molecule has 19 heavy (non-hydrogen) atoms. The minimum absolute atomic E-state index is 0. The molecule has 108 valence electrons. The lowest BCUT2D eigenvalue weighted by Crippen LogP contribution is -2.30. The van der Waals surface area contributed by atoms with Gasteiger partial charge in [-0.05, 0) is 34.1 Å². The number of hydrogen-bond acceptors (Lipinski definition) is 4. The van der Waals surface area contributed by atoms with E-state index < -0.39 is 0 Å². The van der Waals surface area contributed by atoms with Gasteiger partial charge in [0.2, 0.25) is 5.91 Å². The summed E-state index contributed by atoms with van der Waals surface area (Å²) in [6, 6.07) is 5.38. The summed E-state index contributed by atoms with van der Waals surface area (Å²) in [5.74, 6) is 0.634. The van der Waals surface area contributed by atoms with E-state index >= 15 is 0 Å². The Labute approximate surface area is 127 Å². The van der Waals surface area contributed by atoms with Crippen LogP contribution in [0.25, 0.3) is 0 Å². The Hall–Kier alpha value is -0.820. The lowest BCUT2D eigenvalue weighted by molar-refractivity contribution is -0.115. The van der Waals surface area contributed by atoms with E-state index in [-0.39, 0.29) is 24.9 Å². The number of methoxy groups -OCH3 is 2. The zero-order chi connectivity index (χ0) is 13.4. The molecule has 0 radical (unpaired) electrons. The average Bonchev–Trinajstić information content (AvgIpc) is 2.35. The number of rotatable bonds is 7.